The van der Waals surface area contributed by atoms with E-state index in [1.165, 1.54) is 18.2 Å². The quantitative estimate of drug-likeness (QED) is 0.842. The Morgan fingerprint density at radius 2 is 1.83 bits per heavy atom. The number of hydrogen-bond donors (Lipinski definition) is 2. The van der Waals surface area contributed by atoms with Gasteiger partial charge in [-0.1, -0.05) is 18.2 Å². The van der Waals surface area contributed by atoms with Crippen molar-refractivity contribution in [2.45, 2.75) is 12.6 Å². The van der Waals surface area contributed by atoms with Crippen molar-refractivity contribution in [1.29, 1.82) is 0 Å². The molecule has 0 aliphatic carbocycles. The summed E-state index contributed by atoms with van der Waals surface area (Å²) in [7, 11) is 0. The molecule has 0 saturated carbocycles. The van der Waals surface area contributed by atoms with Gasteiger partial charge in [-0.25, -0.2) is 0 Å². The number of nitrogens with one attached hydrogen (secondary N) is 1. The Balaban J connectivity index is 2.79. The van der Waals surface area contributed by atoms with Gasteiger partial charge in [0.15, 0.2) is 0 Å². The van der Waals surface area contributed by atoms with Crippen LogP contribution >= 0.6 is 0 Å². The zero-order valence-electron chi connectivity index (χ0n) is 9.25. The maximum Gasteiger partial charge on any atom is 0.416 e. The first-order valence-corrected chi connectivity index (χ1v) is 5.01. The highest BCUT2D eigenvalue weighted by molar-refractivity contribution is 5.85. The van der Waals surface area contributed by atoms with Gasteiger partial charge in [0.1, 0.15) is 0 Å². The third-order valence-corrected chi connectivity index (χ3v) is 2.13. The number of carbonyl (C=O) groups is 2. The topological polar surface area (TPSA) is 72.2 Å². The van der Waals surface area contributed by atoms with E-state index in [-0.39, 0.29) is 5.56 Å². The summed E-state index contributed by atoms with van der Waals surface area (Å²) >= 11 is 0. The van der Waals surface area contributed by atoms with E-state index in [9.17, 15) is 22.8 Å². The molecule has 0 atom stereocenters. The van der Waals surface area contributed by atoms with Gasteiger partial charge in [-0.15, -0.1) is 0 Å². The van der Waals surface area contributed by atoms with Crippen molar-refractivity contribution in [3.8, 4) is 0 Å². The molecule has 1 aromatic rings. The highest BCUT2D eigenvalue weighted by Gasteiger charge is 2.33. The summed E-state index contributed by atoms with van der Waals surface area (Å²) < 4.78 is 37.8. The number of nitrogens with two attached hydrogens (primary N) is 1. The minimum atomic E-state index is -4.51. The van der Waals surface area contributed by atoms with Crippen LogP contribution in [0.5, 0.6) is 0 Å². The van der Waals surface area contributed by atoms with Crippen molar-refractivity contribution in [1.82, 2.24) is 5.32 Å². The number of rotatable bonds is 4. The Hall–Kier alpha value is -2.05. The van der Waals surface area contributed by atoms with Crippen LogP contribution in [0.4, 0.5) is 13.2 Å². The number of primary amides is 1. The van der Waals surface area contributed by atoms with Crippen LogP contribution in [0.3, 0.4) is 0 Å². The van der Waals surface area contributed by atoms with Gasteiger partial charge < -0.3 is 11.1 Å². The molecule has 0 unspecified atom stereocenters. The number of halogens is 3. The zero-order valence-corrected chi connectivity index (χ0v) is 9.25. The SMILES string of the molecule is NC(=O)CNC(=O)Cc1ccccc1C(F)(F)F. The molecule has 0 heterocycles. The summed E-state index contributed by atoms with van der Waals surface area (Å²) in [5.41, 5.74) is 3.79. The molecule has 18 heavy (non-hydrogen) atoms. The number of benzene rings is 1. The van der Waals surface area contributed by atoms with Crippen molar-refractivity contribution in [2.75, 3.05) is 6.54 Å². The third kappa shape index (κ3) is 4.08. The molecule has 0 radical (unpaired) electrons. The molecule has 0 saturated heterocycles. The van der Waals surface area contributed by atoms with Crippen LogP contribution in [-0.4, -0.2) is 18.4 Å². The fourth-order valence-corrected chi connectivity index (χ4v) is 1.37. The normalized spacial score (nSPS) is 11.1. The first-order valence-electron chi connectivity index (χ1n) is 5.01. The molecule has 1 rings (SSSR count). The molecule has 0 aliphatic rings. The van der Waals surface area contributed by atoms with E-state index < -0.39 is 36.5 Å². The average Bonchev–Trinajstić information content (AvgIpc) is 2.25. The van der Waals surface area contributed by atoms with Crippen LogP contribution in [0.1, 0.15) is 11.1 Å². The van der Waals surface area contributed by atoms with Gasteiger partial charge >= 0.3 is 6.18 Å². The van der Waals surface area contributed by atoms with Gasteiger partial charge in [-0.3, -0.25) is 9.59 Å². The highest BCUT2D eigenvalue weighted by Crippen LogP contribution is 2.31. The number of alkyl halides is 3. The summed E-state index contributed by atoms with van der Waals surface area (Å²) in [6, 6.07) is 4.77. The molecule has 3 N–H and O–H groups in total. The number of amides is 2. The Morgan fingerprint density at radius 1 is 1.22 bits per heavy atom. The van der Waals surface area contributed by atoms with Gasteiger partial charge in [0, 0.05) is 0 Å². The second-order valence-corrected chi connectivity index (χ2v) is 3.57. The van der Waals surface area contributed by atoms with Crippen LogP contribution in [0.25, 0.3) is 0 Å². The Morgan fingerprint density at radius 3 is 2.39 bits per heavy atom. The molecule has 2 amide bonds. The van der Waals surface area contributed by atoms with E-state index in [4.69, 9.17) is 5.73 Å². The lowest BCUT2D eigenvalue weighted by Gasteiger charge is -2.12. The molecule has 0 bridgehead atoms. The first kappa shape index (κ1) is 14.0. The van der Waals surface area contributed by atoms with E-state index in [1.54, 1.807) is 0 Å². The Kier molecular flexibility index (Phi) is 4.30. The molecule has 98 valence electrons. The van der Waals surface area contributed by atoms with Gasteiger partial charge in [-0.2, -0.15) is 13.2 Å². The van der Waals surface area contributed by atoms with Crippen molar-refractivity contribution in [3.63, 3.8) is 0 Å². The fraction of sp³-hybridized carbons (Fsp3) is 0.273. The second-order valence-electron chi connectivity index (χ2n) is 3.57. The molecule has 1 aromatic carbocycles. The maximum atomic E-state index is 12.6. The number of hydrogen-bond acceptors (Lipinski definition) is 2. The van der Waals surface area contributed by atoms with E-state index >= 15 is 0 Å². The molecule has 0 aromatic heterocycles. The van der Waals surface area contributed by atoms with Crippen LogP contribution in [-0.2, 0) is 22.2 Å². The van der Waals surface area contributed by atoms with Crippen LogP contribution < -0.4 is 11.1 Å². The van der Waals surface area contributed by atoms with Crippen LogP contribution in [0.15, 0.2) is 24.3 Å². The lowest BCUT2D eigenvalue weighted by Crippen LogP contribution is -2.34. The lowest BCUT2D eigenvalue weighted by atomic mass is 10.0. The predicted molar refractivity (Wildman–Crippen MR) is 57.4 cm³/mol. The van der Waals surface area contributed by atoms with Crippen molar-refractivity contribution in [3.05, 3.63) is 35.4 Å². The van der Waals surface area contributed by atoms with E-state index in [0.717, 1.165) is 6.07 Å². The van der Waals surface area contributed by atoms with Gasteiger partial charge in [0.05, 0.1) is 18.5 Å². The maximum absolute atomic E-state index is 12.6. The van der Waals surface area contributed by atoms with Gasteiger partial charge in [0.2, 0.25) is 11.8 Å². The molecule has 0 fully saturated rings. The lowest BCUT2D eigenvalue weighted by molar-refractivity contribution is -0.138. The molecule has 0 spiro atoms. The summed E-state index contributed by atoms with van der Waals surface area (Å²) in [6.07, 6.45) is -4.97. The van der Waals surface area contributed by atoms with Gasteiger partial charge in [0.25, 0.3) is 0 Å². The first-order chi connectivity index (χ1) is 8.30. The minimum absolute atomic E-state index is 0.146. The van der Waals surface area contributed by atoms with Crippen LogP contribution in [0, 0.1) is 0 Å². The fourth-order valence-electron chi connectivity index (χ4n) is 1.37. The Bertz CT molecular complexity index is 458. The van der Waals surface area contributed by atoms with Crippen molar-refractivity contribution in [2.24, 2.45) is 5.73 Å². The highest BCUT2D eigenvalue weighted by atomic mass is 19.4. The molecular formula is C11H11F3N2O2. The molecule has 0 aliphatic heterocycles. The molecule has 7 heteroatoms. The van der Waals surface area contributed by atoms with Crippen LogP contribution in [0.2, 0.25) is 0 Å². The standard InChI is InChI=1S/C11H11F3N2O2/c12-11(13,14)8-4-2-1-3-7(8)5-10(18)16-6-9(15)17/h1-4H,5-6H2,(H2,15,17)(H,16,18). The predicted octanol–water partition coefficient (Wildman–Crippen LogP) is 0.849. The average molecular weight is 260 g/mol. The largest absolute Gasteiger partial charge is 0.416 e. The summed E-state index contributed by atoms with van der Waals surface area (Å²) in [6.45, 7) is -0.396. The molecule has 4 nitrogen and oxygen atoms in total. The van der Waals surface area contributed by atoms with E-state index in [0.29, 0.717) is 0 Å². The zero-order chi connectivity index (χ0) is 13.8. The van der Waals surface area contributed by atoms with Crippen molar-refractivity contribution >= 4 is 11.8 Å². The smallest absolute Gasteiger partial charge is 0.368 e. The van der Waals surface area contributed by atoms with Crippen molar-refractivity contribution < 1.29 is 22.8 Å². The Labute approximate surface area is 101 Å². The summed E-state index contributed by atoms with van der Waals surface area (Å²) in [5, 5.41) is 2.13. The summed E-state index contributed by atoms with van der Waals surface area (Å²) in [4.78, 5) is 21.7. The monoisotopic (exact) mass is 260 g/mol. The number of carbonyl (C=O) groups excluding carboxylic acids is 2. The van der Waals surface area contributed by atoms with Gasteiger partial charge in [-0.05, 0) is 11.6 Å². The second kappa shape index (κ2) is 5.52. The molecular weight excluding hydrogens is 249 g/mol. The summed E-state index contributed by atoms with van der Waals surface area (Å²) in [5.74, 6) is -1.45. The van der Waals surface area contributed by atoms with E-state index in [1.807, 2.05) is 0 Å². The third-order valence-electron chi connectivity index (χ3n) is 2.13. The van der Waals surface area contributed by atoms with E-state index in [2.05, 4.69) is 5.32 Å². The minimum Gasteiger partial charge on any atom is -0.368 e.